The lowest BCUT2D eigenvalue weighted by Crippen LogP contribution is -2.45. The molecular formula is C15H18F3N3O2. The maximum absolute atomic E-state index is 13.0. The summed E-state index contributed by atoms with van der Waals surface area (Å²) in [5, 5.41) is 8.11. The number of carbonyl (C=O) groups is 2. The van der Waals surface area contributed by atoms with Crippen molar-refractivity contribution in [3.05, 3.63) is 29.3 Å². The molecule has 1 fully saturated rings. The fourth-order valence-corrected chi connectivity index (χ4v) is 2.44. The molecule has 3 N–H and O–H groups in total. The van der Waals surface area contributed by atoms with Crippen LogP contribution in [0, 0.1) is 0 Å². The molecule has 1 aliphatic heterocycles. The van der Waals surface area contributed by atoms with E-state index in [9.17, 15) is 22.8 Å². The zero-order valence-corrected chi connectivity index (χ0v) is 12.6. The molecule has 1 aromatic rings. The average molecular weight is 329 g/mol. The first-order chi connectivity index (χ1) is 10.8. The summed E-state index contributed by atoms with van der Waals surface area (Å²) in [5.74, 6) is -1.09. The van der Waals surface area contributed by atoms with Crippen LogP contribution in [-0.2, 0) is 11.0 Å². The summed E-state index contributed by atoms with van der Waals surface area (Å²) in [6.45, 7) is 2.64. The standard InChI is InChI=1S/C15H18F3N3O2/c1-9(22)20-13-6-10(5-11(7-13)15(16,17)18)14(23)21-12-3-2-4-19-8-12/h5-7,12,19H,2-4,8H2,1H3,(H,20,22)(H,21,23). The molecule has 1 aliphatic rings. The van der Waals surface area contributed by atoms with E-state index in [-0.39, 0.29) is 17.3 Å². The van der Waals surface area contributed by atoms with Gasteiger partial charge in [0.2, 0.25) is 5.91 Å². The number of hydrogen-bond donors (Lipinski definition) is 3. The van der Waals surface area contributed by atoms with Gasteiger partial charge in [-0.15, -0.1) is 0 Å². The fraction of sp³-hybridized carbons (Fsp3) is 0.467. The van der Waals surface area contributed by atoms with E-state index in [4.69, 9.17) is 0 Å². The summed E-state index contributed by atoms with van der Waals surface area (Å²) in [4.78, 5) is 23.3. The topological polar surface area (TPSA) is 70.2 Å². The van der Waals surface area contributed by atoms with Gasteiger partial charge in [-0.3, -0.25) is 9.59 Å². The summed E-state index contributed by atoms with van der Waals surface area (Å²) in [5.41, 5.74) is -1.16. The highest BCUT2D eigenvalue weighted by molar-refractivity contribution is 5.97. The fourth-order valence-electron chi connectivity index (χ4n) is 2.44. The number of benzene rings is 1. The highest BCUT2D eigenvalue weighted by atomic mass is 19.4. The van der Waals surface area contributed by atoms with Gasteiger partial charge in [0.15, 0.2) is 0 Å². The largest absolute Gasteiger partial charge is 0.416 e. The second kappa shape index (κ2) is 6.99. The van der Waals surface area contributed by atoms with E-state index in [1.54, 1.807) is 0 Å². The first kappa shape index (κ1) is 17.3. The zero-order chi connectivity index (χ0) is 17.0. The van der Waals surface area contributed by atoms with Crippen LogP contribution in [0.5, 0.6) is 0 Å². The van der Waals surface area contributed by atoms with Crippen LogP contribution >= 0.6 is 0 Å². The Kier molecular flexibility index (Phi) is 5.25. The van der Waals surface area contributed by atoms with Gasteiger partial charge in [0.1, 0.15) is 0 Å². The van der Waals surface area contributed by atoms with Crippen molar-refractivity contribution >= 4 is 17.5 Å². The lowest BCUT2D eigenvalue weighted by Gasteiger charge is -2.24. The van der Waals surface area contributed by atoms with Crippen molar-refractivity contribution in [3.63, 3.8) is 0 Å². The van der Waals surface area contributed by atoms with Gasteiger partial charge in [-0.05, 0) is 37.6 Å². The molecule has 0 saturated carbocycles. The molecule has 0 spiro atoms. The van der Waals surface area contributed by atoms with E-state index >= 15 is 0 Å². The molecule has 1 unspecified atom stereocenters. The molecule has 2 amide bonds. The van der Waals surface area contributed by atoms with Crippen molar-refractivity contribution in [2.45, 2.75) is 32.0 Å². The Morgan fingerprint density at radius 2 is 2.00 bits per heavy atom. The molecule has 0 bridgehead atoms. The number of rotatable bonds is 3. The Hall–Kier alpha value is -2.09. The van der Waals surface area contributed by atoms with Crippen molar-refractivity contribution in [3.8, 4) is 0 Å². The molecule has 8 heteroatoms. The SMILES string of the molecule is CC(=O)Nc1cc(C(=O)NC2CCCNC2)cc(C(F)(F)F)c1. The Labute approximate surface area is 131 Å². The van der Waals surface area contributed by atoms with Crippen LogP contribution in [0.2, 0.25) is 0 Å². The molecule has 1 saturated heterocycles. The molecule has 0 aliphatic carbocycles. The van der Waals surface area contributed by atoms with E-state index in [0.717, 1.165) is 31.5 Å². The van der Waals surface area contributed by atoms with Crippen molar-refractivity contribution in [1.82, 2.24) is 10.6 Å². The Morgan fingerprint density at radius 3 is 2.57 bits per heavy atom. The first-order valence-electron chi connectivity index (χ1n) is 7.27. The molecule has 0 aromatic heterocycles. The van der Waals surface area contributed by atoms with Crippen LogP contribution in [0.25, 0.3) is 0 Å². The second-order valence-electron chi connectivity index (χ2n) is 5.49. The Balaban J connectivity index is 2.24. The van der Waals surface area contributed by atoms with Gasteiger partial charge in [-0.1, -0.05) is 0 Å². The minimum Gasteiger partial charge on any atom is -0.348 e. The number of alkyl halides is 3. The van der Waals surface area contributed by atoms with Crippen LogP contribution in [0.3, 0.4) is 0 Å². The van der Waals surface area contributed by atoms with E-state index in [0.29, 0.717) is 6.54 Å². The number of hydrogen-bond acceptors (Lipinski definition) is 3. The van der Waals surface area contributed by atoms with Crippen molar-refractivity contribution < 1.29 is 22.8 Å². The van der Waals surface area contributed by atoms with Gasteiger partial charge in [0.05, 0.1) is 5.56 Å². The third kappa shape index (κ3) is 4.95. The molecule has 1 heterocycles. The highest BCUT2D eigenvalue weighted by Gasteiger charge is 2.32. The normalized spacial score (nSPS) is 18.3. The van der Waals surface area contributed by atoms with Crippen molar-refractivity contribution in [2.24, 2.45) is 0 Å². The quantitative estimate of drug-likeness (QED) is 0.796. The lowest BCUT2D eigenvalue weighted by atomic mass is 10.0. The van der Waals surface area contributed by atoms with Crippen molar-refractivity contribution in [1.29, 1.82) is 0 Å². The number of carbonyl (C=O) groups excluding carboxylic acids is 2. The molecule has 0 radical (unpaired) electrons. The first-order valence-corrected chi connectivity index (χ1v) is 7.27. The van der Waals surface area contributed by atoms with Crippen molar-refractivity contribution in [2.75, 3.05) is 18.4 Å². The molecule has 23 heavy (non-hydrogen) atoms. The lowest BCUT2D eigenvalue weighted by molar-refractivity contribution is -0.137. The summed E-state index contributed by atoms with van der Waals surface area (Å²) in [7, 11) is 0. The summed E-state index contributed by atoms with van der Waals surface area (Å²) in [6.07, 6.45) is -2.93. The van der Waals surface area contributed by atoms with E-state index in [1.807, 2.05) is 0 Å². The molecule has 5 nitrogen and oxygen atoms in total. The van der Waals surface area contributed by atoms with Gasteiger partial charge >= 0.3 is 6.18 Å². The number of nitrogens with one attached hydrogen (secondary N) is 3. The maximum Gasteiger partial charge on any atom is 0.416 e. The number of amides is 2. The molecule has 2 rings (SSSR count). The van der Waals surface area contributed by atoms with E-state index < -0.39 is 23.6 Å². The van der Waals surface area contributed by atoms with Gasteiger partial charge in [-0.25, -0.2) is 0 Å². The van der Waals surface area contributed by atoms with Crippen LogP contribution in [0.1, 0.15) is 35.7 Å². The molecule has 1 atom stereocenters. The second-order valence-corrected chi connectivity index (χ2v) is 5.49. The minimum absolute atomic E-state index is 0.0563. The third-order valence-corrected chi connectivity index (χ3v) is 3.47. The van der Waals surface area contributed by atoms with E-state index in [2.05, 4.69) is 16.0 Å². The highest BCUT2D eigenvalue weighted by Crippen LogP contribution is 2.32. The van der Waals surface area contributed by atoms with Crippen LogP contribution in [0.15, 0.2) is 18.2 Å². The monoisotopic (exact) mass is 329 g/mol. The zero-order valence-electron chi connectivity index (χ0n) is 12.6. The van der Waals surface area contributed by atoms with Gasteiger partial charge in [0.25, 0.3) is 5.91 Å². The van der Waals surface area contributed by atoms with E-state index in [1.165, 1.54) is 13.0 Å². The summed E-state index contributed by atoms with van der Waals surface area (Å²) >= 11 is 0. The number of piperidine rings is 1. The maximum atomic E-state index is 13.0. The van der Waals surface area contributed by atoms with Gasteiger partial charge in [-0.2, -0.15) is 13.2 Å². The van der Waals surface area contributed by atoms with Gasteiger partial charge < -0.3 is 16.0 Å². The predicted octanol–water partition coefficient (Wildman–Crippen LogP) is 2.15. The van der Waals surface area contributed by atoms with Crippen LogP contribution in [-0.4, -0.2) is 30.9 Å². The Morgan fingerprint density at radius 1 is 1.26 bits per heavy atom. The van der Waals surface area contributed by atoms with Gasteiger partial charge in [0, 0.05) is 30.8 Å². The number of halogens is 3. The molecule has 126 valence electrons. The van der Waals surface area contributed by atoms with Crippen LogP contribution in [0.4, 0.5) is 18.9 Å². The Bertz CT molecular complexity index is 596. The summed E-state index contributed by atoms with van der Waals surface area (Å²) in [6, 6.07) is 2.72. The molecule has 1 aromatic carbocycles. The predicted molar refractivity (Wildman–Crippen MR) is 79.1 cm³/mol. The number of anilines is 1. The van der Waals surface area contributed by atoms with Crippen LogP contribution < -0.4 is 16.0 Å². The third-order valence-electron chi connectivity index (χ3n) is 3.47. The average Bonchev–Trinajstić information content (AvgIpc) is 2.46. The minimum atomic E-state index is -4.60. The molecular weight excluding hydrogens is 311 g/mol. The smallest absolute Gasteiger partial charge is 0.348 e. The summed E-state index contributed by atoms with van der Waals surface area (Å²) < 4.78 is 38.9.